The first-order valence-corrected chi connectivity index (χ1v) is 5.99. The van der Waals surface area contributed by atoms with Crippen molar-refractivity contribution < 1.29 is 4.42 Å². The van der Waals surface area contributed by atoms with Crippen LogP contribution in [0.15, 0.2) is 28.9 Å². The zero-order chi connectivity index (χ0) is 12.3. The highest BCUT2D eigenvalue weighted by atomic mass is 16.3. The van der Waals surface area contributed by atoms with E-state index in [2.05, 4.69) is 30.3 Å². The summed E-state index contributed by atoms with van der Waals surface area (Å²) in [5, 5.41) is 7.85. The van der Waals surface area contributed by atoms with Gasteiger partial charge in [0.1, 0.15) is 5.76 Å². The van der Waals surface area contributed by atoms with Crippen LogP contribution in [0.3, 0.4) is 0 Å². The number of aromatic nitrogens is 2. The van der Waals surface area contributed by atoms with E-state index in [4.69, 9.17) is 4.42 Å². The van der Waals surface area contributed by atoms with Crippen molar-refractivity contribution in [2.24, 2.45) is 7.05 Å². The lowest BCUT2D eigenvalue weighted by Gasteiger charge is -2.10. The van der Waals surface area contributed by atoms with Crippen LogP contribution >= 0.6 is 0 Å². The first-order valence-electron chi connectivity index (χ1n) is 5.99. The topological polar surface area (TPSA) is 43.0 Å². The summed E-state index contributed by atoms with van der Waals surface area (Å²) >= 11 is 0. The number of aryl methyl sites for hydroxylation is 2. The van der Waals surface area contributed by atoms with Gasteiger partial charge in [0.15, 0.2) is 0 Å². The first kappa shape index (κ1) is 11.9. The highest BCUT2D eigenvalue weighted by Crippen LogP contribution is 2.13. The summed E-state index contributed by atoms with van der Waals surface area (Å²) < 4.78 is 7.29. The lowest BCUT2D eigenvalue weighted by molar-refractivity contribution is 0.426. The quantitative estimate of drug-likeness (QED) is 0.862. The van der Waals surface area contributed by atoms with Crippen LogP contribution in [-0.2, 0) is 20.0 Å². The van der Waals surface area contributed by atoms with E-state index >= 15 is 0 Å². The Balaban J connectivity index is 1.95. The molecule has 2 aromatic rings. The van der Waals surface area contributed by atoms with Crippen LogP contribution < -0.4 is 5.32 Å². The van der Waals surface area contributed by atoms with Gasteiger partial charge in [-0.25, -0.2) is 0 Å². The molecule has 0 bridgehead atoms. The first-order chi connectivity index (χ1) is 8.20. The van der Waals surface area contributed by atoms with Crippen LogP contribution in [0.4, 0.5) is 0 Å². The third-order valence-electron chi connectivity index (χ3n) is 2.95. The predicted octanol–water partition coefficient (Wildman–Crippen LogP) is 2.43. The fourth-order valence-corrected chi connectivity index (χ4v) is 1.81. The molecule has 0 aliphatic carbocycles. The number of hydrogen-bond acceptors (Lipinski definition) is 3. The minimum absolute atomic E-state index is 0.213. The van der Waals surface area contributed by atoms with Gasteiger partial charge in [0.25, 0.3) is 0 Å². The normalized spacial score (nSPS) is 12.9. The number of furan rings is 1. The lowest BCUT2D eigenvalue weighted by atomic mass is 10.2. The Morgan fingerprint density at radius 3 is 2.94 bits per heavy atom. The lowest BCUT2D eigenvalue weighted by Crippen LogP contribution is -2.19. The zero-order valence-corrected chi connectivity index (χ0v) is 10.6. The van der Waals surface area contributed by atoms with Crippen molar-refractivity contribution in [3.8, 4) is 0 Å². The average molecular weight is 233 g/mol. The molecule has 4 heteroatoms. The minimum atomic E-state index is 0.213. The molecule has 4 nitrogen and oxygen atoms in total. The molecule has 1 N–H and O–H groups in total. The minimum Gasteiger partial charge on any atom is -0.468 e. The molecular weight excluding hydrogens is 214 g/mol. The van der Waals surface area contributed by atoms with Crippen LogP contribution in [0, 0.1) is 0 Å². The van der Waals surface area contributed by atoms with Crippen LogP contribution in [0.2, 0.25) is 0 Å². The Kier molecular flexibility index (Phi) is 3.64. The van der Waals surface area contributed by atoms with Crippen LogP contribution in [0.25, 0.3) is 0 Å². The monoisotopic (exact) mass is 233 g/mol. The molecule has 2 rings (SSSR count). The van der Waals surface area contributed by atoms with Crippen molar-refractivity contribution in [2.75, 3.05) is 0 Å². The van der Waals surface area contributed by atoms with Crippen molar-refractivity contribution in [1.29, 1.82) is 0 Å². The van der Waals surface area contributed by atoms with Gasteiger partial charge >= 0.3 is 0 Å². The van der Waals surface area contributed by atoms with Gasteiger partial charge in [0.2, 0.25) is 0 Å². The number of nitrogens with zero attached hydrogens (tertiary/aromatic N) is 2. The zero-order valence-electron chi connectivity index (χ0n) is 10.6. The van der Waals surface area contributed by atoms with E-state index in [0.29, 0.717) is 0 Å². The molecule has 0 saturated heterocycles. The number of nitrogens with one attached hydrogen (secondary N) is 1. The summed E-state index contributed by atoms with van der Waals surface area (Å²) in [5.41, 5.74) is 2.33. The molecule has 17 heavy (non-hydrogen) atoms. The SMILES string of the molecule is CCc1cc(CN[C@H](C)c2ccco2)n(C)n1. The highest BCUT2D eigenvalue weighted by Gasteiger charge is 2.09. The molecule has 0 aliphatic heterocycles. The number of rotatable bonds is 5. The molecule has 0 unspecified atom stereocenters. The van der Waals surface area contributed by atoms with E-state index in [9.17, 15) is 0 Å². The molecular formula is C13H19N3O. The van der Waals surface area contributed by atoms with Crippen molar-refractivity contribution in [3.63, 3.8) is 0 Å². The maximum atomic E-state index is 5.36. The van der Waals surface area contributed by atoms with Gasteiger partial charge in [0, 0.05) is 13.6 Å². The smallest absolute Gasteiger partial charge is 0.120 e. The van der Waals surface area contributed by atoms with Crippen molar-refractivity contribution in [3.05, 3.63) is 41.6 Å². The second kappa shape index (κ2) is 5.19. The molecule has 0 aliphatic rings. The van der Waals surface area contributed by atoms with Gasteiger partial charge in [-0.3, -0.25) is 4.68 Å². The highest BCUT2D eigenvalue weighted by molar-refractivity contribution is 5.11. The largest absolute Gasteiger partial charge is 0.468 e. The molecule has 92 valence electrons. The van der Waals surface area contributed by atoms with E-state index in [-0.39, 0.29) is 6.04 Å². The second-order valence-electron chi connectivity index (χ2n) is 4.22. The summed E-state index contributed by atoms with van der Waals surface area (Å²) in [5.74, 6) is 0.961. The maximum Gasteiger partial charge on any atom is 0.120 e. The standard InChI is InChI=1S/C13H19N3O/c1-4-11-8-12(16(3)15-11)9-14-10(2)13-6-5-7-17-13/h5-8,10,14H,4,9H2,1-3H3/t10-/m1/s1. The van der Waals surface area contributed by atoms with Gasteiger partial charge in [0.05, 0.1) is 23.7 Å². The Labute approximate surface area is 102 Å². The van der Waals surface area contributed by atoms with Crippen molar-refractivity contribution in [1.82, 2.24) is 15.1 Å². The Hall–Kier alpha value is -1.55. The molecule has 2 heterocycles. The fraction of sp³-hybridized carbons (Fsp3) is 0.462. The van der Waals surface area contributed by atoms with E-state index in [1.807, 2.05) is 23.9 Å². The molecule has 0 spiro atoms. The van der Waals surface area contributed by atoms with Crippen LogP contribution in [0.5, 0.6) is 0 Å². The van der Waals surface area contributed by atoms with Crippen LogP contribution in [0.1, 0.15) is 37.0 Å². The molecule has 0 fully saturated rings. The summed E-state index contributed by atoms with van der Waals surface area (Å²) in [7, 11) is 1.98. The Morgan fingerprint density at radius 1 is 1.53 bits per heavy atom. The molecule has 0 saturated carbocycles. The summed E-state index contributed by atoms with van der Waals surface area (Å²) in [4.78, 5) is 0. The maximum absolute atomic E-state index is 5.36. The number of hydrogen-bond donors (Lipinski definition) is 1. The Bertz CT molecular complexity index is 459. The van der Waals surface area contributed by atoms with Gasteiger partial charge in [-0.1, -0.05) is 6.92 Å². The van der Waals surface area contributed by atoms with Gasteiger partial charge in [-0.15, -0.1) is 0 Å². The third kappa shape index (κ3) is 2.77. The molecule has 1 atom stereocenters. The average Bonchev–Trinajstić information content (AvgIpc) is 2.95. The van der Waals surface area contributed by atoms with E-state index in [0.717, 1.165) is 24.4 Å². The van der Waals surface area contributed by atoms with E-state index in [1.54, 1.807) is 6.26 Å². The Morgan fingerprint density at radius 2 is 2.35 bits per heavy atom. The van der Waals surface area contributed by atoms with E-state index < -0.39 is 0 Å². The van der Waals surface area contributed by atoms with Gasteiger partial charge in [-0.2, -0.15) is 5.10 Å². The predicted molar refractivity (Wildman–Crippen MR) is 66.5 cm³/mol. The second-order valence-corrected chi connectivity index (χ2v) is 4.22. The van der Waals surface area contributed by atoms with Gasteiger partial charge < -0.3 is 9.73 Å². The molecule has 0 aromatic carbocycles. The third-order valence-corrected chi connectivity index (χ3v) is 2.95. The summed E-state index contributed by atoms with van der Waals surface area (Å²) in [6.07, 6.45) is 2.67. The molecule has 0 radical (unpaired) electrons. The summed E-state index contributed by atoms with van der Waals surface area (Å²) in [6, 6.07) is 6.25. The summed E-state index contributed by atoms with van der Waals surface area (Å²) in [6.45, 7) is 5.01. The van der Waals surface area contributed by atoms with Crippen molar-refractivity contribution >= 4 is 0 Å². The molecule has 0 amide bonds. The fourth-order valence-electron chi connectivity index (χ4n) is 1.81. The van der Waals surface area contributed by atoms with Gasteiger partial charge in [-0.05, 0) is 31.5 Å². The van der Waals surface area contributed by atoms with Crippen molar-refractivity contribution in [2.45, 2.75) is 32.9 Å². The van der Waals surface area contributed by atoms with E-state index in [1.165, 1.54) is 5.69 Å². The van der Waals surface area contributed by atoms with Crippen LogP contribution in [-0.4, -0.2) is 9.78 Å². The molecule has 2 aromatic heterocycles.